The van der Waals surface area contributed by atoms with E-state index >= 15 is 0 Å². The molecule has 3 rings (SSSR count). The topological polar surface area (TPSA) is 101 Å². The average molecular weight is 483 g/mol. The molecule has 0 saturated carbocycles. The Labute approximate surface area is 206 Å². The van der Waals surface area contributed by atoms with Crippen LogP contribution in [0.15, 0.2) is 42.7 Å². The molecule has 9 heteroatoms. The highest BCUT2D eigenvalue weighted by Crippen LogP contribution is 2.26. The van der Waals surface area contributed by atoms with Crippen LogP contribution in [0.1, 0.15) is 36.7 Å². The first kappa shape index (κ1) is 26.2. The van der Waals surface area contributed by atoms with Crippen molar-refractivity contribution in [2.45, 2.75) is 39.3 Å². The Kier molecular flexibility index (Phi) is 8.81. The van der Waals surface area contributed by atoms with E-state index in [0.717, 1.165) is 5.56 Å². The van der Waals surface area contributed by atoms with Crippen LogP contribution in [-0.4, -0.2) is 78.5 Å². The molecule has 188 valence electrons. The maximum absolute atomic E-state index is 13.3. The number of likely N-dealkylation sites (N-methyl/N-ethyl adjacent to an activating group) is 1. The quantitative estimate of drug-likeness (QED) is 0.719. The summed E-state index contributed by atoms with van der Waals surface area (Å²) >= 11 is 0. The number of pyridine rings is 1. The number of fused-ring (bicyclic) bond motifs is 1. The van der Waals surface area contributed by atoms with Crippen molar-refractivity contribution in [1.29, 1.82) is 0 Å². The zero-order valence-corrected chi connectivity index (χ0v) is 21.0. The van der Waals surface area contributed by atoms with Crippen molar-refractivity contribution in [3.63, 3.8) is 0 Å². The molecule has 0 radical (unpaired) electrons. The molecule has 0 spiro atoms. The number of aromatic nitrogens is 1. The summed E-state index contributed by atoms with van der Waals surface area (Å²) in [5, 5.41) is 2.71. The lowest BCUT2D eigenvalue weighted by Crippen LogP contribution is -2.49. The fraction of sp³-hybridized carbons (Fsp3) is 0.462. The molecule has 1 aliphatic rings. The Morgan fingerprint density at radius 2 is 2.00 bits per heavy atom. The maximum atomic E-state index is 13.3. The normalized spacial score (nSPS) is 21.3. The number of rotatable bonds is 4. The number of anilines is 1. The van der Waals surface area contributed by atoms with Crippen LogP contribution in [0.25, 0.3) is 0 Å². The van der Waals surface area contributed by atoms with Gasteiger partial charge in [0.15, 0.2) is 0 Å². The zero-order chi connectivity index (χ0) is 25.5. The summed E-state index contributed by atoms with van der Waals surface area (Å²) in [7, 11) is 3.32. The van der Waals surface area contributed by atoms with Crippen LogP contribution in [-0.2, 0) is 20.7 Å². The van der Waals surface area contributed by atoms with Crippen LogP contribution < -0.4 is 10.1 Å². The van der Waals surface area contributed by atoms with E-state index in [2.05, 4.69) is 10.3 Å². The Balaban J connectivity index is 1.94. The molecule has 1 aromatic carbocycles. The maximum Gasteiger partial charge on any atom is 0.257 e. The molecular formula is C26H34N4O5. The van der Waals surface area contributed by atoms with Gasteiger partial charge in [0.25, 0.3) is 5.91 Å². The Morgan fingerprint density at radius 3 is 2.66 bits per heavy atom. The number of amides is 3. The number of nitrogens with zero attached hydrogens (tertiary/aromatic N) is 3. The van der Waals surface area contributed by atoms with Crippen molar-refractivity contribution in [1.82, 2.24) is 14.8 Å². The van der Waals surface area contributed by atoms with Gasteiger partial charge >= 0.3 is 0 Å². The first-order valence-electron chi connectivity index (χ1n) is 11.7. The summed E-state index contributed by atoms with van der Waals surface area (Å²) in [6.07, 6.45) is 3.32. The highest BCUT2D eigenvalue weighted by atomic mass is 16.5. The molecule has 1 aliphatic heterocycles. The number of carbonyl (C=O) groups is 3. The summed E-state index contributed by atoms with van der Waals surface area (Å²) in [4.78, 5) is 45.7. The van der Waals surface area contributed by atoms with E-state index in [-0.39, 0.29) is 48.8 Å². The largest absolute Gasteiger partial charge is 0.491 e. The number of methoxy groups -OCH3 is 1. The molecular weight excluding hydrogens is 448 g/mol. The van der Waals surface area contributed by atoms with Crippen molar-refractivity contribution in [2.75, 3.05) is 39.2 Å². The van der Waals surface area contributed by atoms with Crippen LogP contribution in [0, 0.1) is 5.92 Å². The fourth-order valence-electron chi connectivity index (χ4n) is 4.18. The van der Waals surface area contributed by atoms with Crippen LogP contribution >= 0.6 is 0 Å². The minimum absolute atomic E-state index is 0.0291. The third kappa shape index (κ3) is 6.79. The number of ether oxygens (including phenoxy) is 2. The minimum atomic E-state index is -0.285. The van der Waals surface area contributed by atoms with Crippen molar-refractivity contribution in [2.24, 2.45) is 5.92 Å². The van der Waals surface area contributed by atoms with E-state index in [1.54, 1.807) is 49.7 Å². The smallest absolute Gasteiger partial charge is 0.257 e. The Morgan fingerprint density at radius 1 is 1.23 bits per heavy atom. The lowest BCUT2D eigenvalue weighted by atomic mass is 10.0. The lowest BCUT2D eigenvalue weighted by molar-refractivity contribution is -0.134. The van der Waals surface area contributed by atoms with E-state index in [1.807, 2.05) is 30.9 Å². The summed E-state index contributed by atoms with van der Waals surface area (Å²) in [6, 6.07) is 8.41. The number of hydrogen-bond acceptors (Lipinski definition) is 6. The minimum Gasteiger partial charge on any atom is -0.491 e. The molecule has 1 aromatic heterocycles. The highest BCUT2D eigenvalue weighted by Gasteiger charge is 2.30. The van der Waals surface area contributed by atoms with Gasteiger partial charge in [-0.1, -0.05) is 13.0 Å². The van der Waals surface area contributed by atoms with Crippen LogP contribution in [0.4, 0.5) is 5.69 Å². The molecule has 0 unspecified atom stereocenters. The first-order valence-corrected chi connectivity index (χ1v) is 11.7. The van der Waals surface area contributed by atoms with Crippen molar-refractivity contribution < 1.29 is 23.9 Å². The molecule has 0 aliphatic carbocycles. The molecule has 2 heterocycles. The second-order valence-corrected chi connectivity index (χ2v) is 9.07. The number of carbonyl (C=O) groups excluding carboxylic acids is 3. The van der Waals surface area contributed by atoms with Crippen molar-refractivity contribution in [3.05, 3.63) is 53.9 Å². The summed E-state index contributed by atoms with van der Waals surface area (Å²) < 4.78 is 11.8. The highest BCUT2D eigenvalue weighted by molar-refractivity contribution is 5.99. The second kappa shape index (κ2) is 11.8. The SMILES string of the molecule is CO[C@H]1CN(C)C(=O)c2cc(NC(C)=O)ccc2OC[C@H](C)N(C(=O)Cc2cccnc2)C[C@H]1C. The molecule has 2 aromatic rings. The van der Waals surface area contributed by atoms with E-state index in [4.69, 9.17) is 9.47 Å². The monoisotopic (exact) mass is 482 g/mol. The van der Waals surface area contributed by atoms with Gasteiger partial charge < -0.3 is 24.6 Å². The van der Waals surface area contributed by atoms with Gasteiger partial charge in [-0.15, -0.1) is 0 Å². The third-order valence-electron chi connectivity index (χ3n) is 6.16. The summed E-state index contributed by atoms with van der Waals surface area (Å²) in [5.41, 5.74) is 1.68. The van der Waals surface area contributed by atoms with E-state index in [9.17, 15) is 14.4 Å². The van der Waals surface area contributed by atoms with Gasteiger partial charge in [-0.25, -0.2) is 0 Å². The predicted octanol–water partition coefficient (Wildman–Crippen LogP) is 2.62. The van der Waals surface area contributed by atoms with Crippen molar-refractivity contribution >= 4 is 23.4 Å². The average Bonchev–Trinajstić information content (AvgIpc) is 2.83. The van der Waals surface area contributed by atoms with Gasteiger partial charge in [0.1, 0.15) is 12.4 Å². The van der Waals surface area contributed by atoms with Gasteiger partial charge in [0, 0.05) is 58.2 Å². The van der Waals surface area contributed by atoms with Crippen LogP contribution in [0.3, 0.4) is 0 Å². The van der Waals surface area contributed by atoms with E-state index < -0.39 is 0 Å². The van der Waals surface area contributed by atoms with Crippen molar-refractivity contribution in [3.8, 4) is 5.75 Å². The number of nitrogens with one attached hydrogen (secondary N) is 1. The van der Waals surface area contributed by atoms with E-state index in [0.29, 0.717) is 30.1 Å². The predicted molar refractivity (Wildman–Crippen MR) is 132 cm³/mol. The molecule has 3 atom stereocenters. The fourth-order valence-corrected chi connectivity index (χ4v) is 4.18. The van der Waals surface area contributed by atoms with Gasteiger partial charge in [0.2, 0.25) is 11.8 Å². The van der Waals surface area contributed by atoms with Gasteiger partial charge in [-0.2, -0.15) is 0 Å². The van der Waals surface area contributed by atoms with Gasteiger partial charge in [0.05, 0.1) is 24.1 Å². The van der Waals surface area contributed by atoms with E-state index in [1.165, 1.54) is 6.92 Å². The van der Waals surface area contributed by atoms with Crippen LogP contribution in [0.5, 0.6) is 5.75 Å². The molecule has 0 fully saturated rings. The summed E-state index contributed by atoms with van der Waals surface area (Å²) in [6.45, 7) is 6.34. The molecule has 9 nitrogen and oxygen atoms in total. The molecule has 1 N–H and O–H groups in total. The standard InChI is InChI=1S/C26H34N4O5/c1-17-14-30(25(32)11-20-7-6-10-27-13-20)18(2)16-35-23-9-8-21(28-19(3)31)12-22(23)26(33)29(4)15-24(17)34-5/h6-10,12-13,17-18,24H,11,14-16H2,1-5H3,(H,28,31)/t17-,18+,24+/m1/s1. The van der Waals surface area contributed by atoms with Gasteiger partial charge in [-0.3, -0.25) is 19.4 Å². The lowest BCUT2D eigenvalue weighted by Gasteiger charge is -2.36. The number of hydrogen-bond donors (Lipinski definition) is 1. The Hall–Kier alpha value is -3.46. The summed E-state index contributed by atoms with van der Waals surface area (Å²) in [5.74, 6) is -0.146. The first-order chi connectivity index (χ1) is 16.7. The molecule has 3 amide bonds. The Bertz CT molecular complexity index is 1050. The molecule has 0 saturated heterocycles. The molecule has 0 bridgehead atoms. The molecule has 35 heavy (non-hydrogen) atoms. The zero-order valence-electron chi connectivity index (χ0n) is 21.0. The van der Waals surface area contributed by atoms with Crippen LogP contribution in [0.2, 0.25) is 0 Å². The third-order valence-corrected chi connectivity index (χ3v) is 6.16. The van der Waals surface area contributed by atoms with Gasteiger partial charge in [-0.05, 0) is 36.8 Å². The second-order valence-electron chi connectivity index (χ2n) is 9.07. The number of benzene rings is 1.